The van der Waals surface area contributed by atoms with Gasteiger partial charge in [0.25, 0.3) is 5.69 Å². The number of carbonyl (C=O) groups excluding carboxylic acids is 4. The molecule has 57 heavy (non-hydrogen) atoms. The molecule has 0 radical (unpaired) electrons. The first-order valence-corrected chi connectivity index (χ1v) is 20.1. The number of fused-ring (bicyclic) bond motifs is 5. The first-order chi connectivity index (χ1) is 27.1. The zero-order chi connectivity index (χ0) is 40.4. The third-order valence-electron chi connectivity index (χ3n) is 12.4. The number of aromatic nitrogens is 2. The molecule has 4 amide bonds. The van der Waals surface area contributed by atoms with Crippen molar-refractivity contribution in [2.45, 2.75) is 32.6 Å². The second-order valence-electron chi connectivity index (χ2n) is 15.2. The van der Waals surface area contributed by atoms with Crippen molar-refractivity contribution in [2.24, 2.45) is 36.1 Å². The smallest absolute Gasteiger partial charge is 0.271 e. The average molecular weight is 871 g/mol. The van der Waals surface area contributed by atoms with E-state index in [1.165, 1.54) is 52.3 Å². The SMILES string of the molecule is COc1cc([C@H]2C3=CC[C@@H]4C(=O)N(c5cccc([N+](=O)[O-])c5)C(=O)[C@@H]4[C@@H]3C[C@H]3C(=O)N(c4cc(-c5sc6ccc(Cl)cc6c5C)nn4C)C(=O)[C@@]23C)cc(Br)c1O. The Hall–Kier alpha value is -5.38. The third kappa shape index (κ3) is 5.27. The Labute approximate surface area is 342 Å². The number of amides is 4. The standard InChI is InChI=1S/C41H33BrClN5O8S/c1-18-25-14-20(43)8-11-31(25)57-36(18)29-17-32(45(3)44-29)47-38(51)27-16-26-23(34(41(27,2)40(47)53)19-12-28(42)35(49)30(13-19)56-4)9-10-24-33(26)39(52)46(37(24)50)21-6-5-7-22(15-21)48(54)55/h5-9,11-15,17,24,26-27,33-34,49H,10,16H2,1-4H3/t24-,26+,27-,33-,34-,41+/m0/s1. The Balaban J connectivity index is 1.17. The van der Waals surface area contributed by atoms with Gasteiger partial charge in [-0.1, -0.05) is 29.3 Å². The molecule has 5 aromatic rings. The van der Waals surface area contributed by atoms with Crippen LogP contribution in [-0.2, 0) is 26.2 Å². The lowest BCUT2D eigenvalue weighted by atomic mass is 9.51. The molecule has 3 fully saturated rings. The maximum atomic E-state index is 15.2. The van der Waals surface area contributed by atoms with E-state index in [1.807, 2.05) is 31.2 Å². The lowest BCUT2D eigenvalue weighted by Gasteiger charge is -2.49. The van der Waals surface area contributed by atoms with Gasteiger partial charge in [-0.15, -0.1) is 11.3 Å². The Morgan fingerprint density at radius 3 is 2.54 bits per heavy atom. The summed E-state index contributed by atoms with van der Waals surface area (Å²) in [6, 6.07) is 16.2. The van der Waals surface area contributed by atoms with Gasteiger partial charge in [-0.25, -0.2) is 9.80 Å². The number of nitro benzene ring substituents is 1. The zero-order valence-corrected chi connectivity index (χ0v) is 34.0. The van der Waals surface area contributed by atoms with Crippen LogP contribution in [0.1, 0.15) is 36.8 Å². The molecule has 4 aliphatic rings. The minimum atomic E-state index is -1.38. The maximum Gasteiger partial charge on any atom is 0.271 e. The molecule has 0 unspecified atom stereocenters. The number of imide groups is 2. The van der Waals surface area contributed by atoms with Crippen molar-refractivity contribution in [3.63, 3.8) is 0 Å². The van der Waals surface area contributed by atoms with Gasteiger partial charge < -0.3 is 9.84 Å². The minimum Gasteiger partial charge on any atom is -0.503 e. The molecule has 0 bridgehead atoms. The van der Waals surface area contributed by atoms with Crippen molar-refractivity contribution in [3.8, 4) is 22.1 Å². The van der Waals surface area contributed by atoms with Crippen LogP contribution in [0.25, 0.3) is 20.7 Å². The largest absolute Gasteiger partial charge is 0.503 e. The summed E-state index contributed by atoms with van der Waals surface area (Å²) in [5.41, 5.74) is 1.30. The molecule has 1 saturated carbocycles. The normalized spacial score (nSPS) is 25.5. The number of rotatable bonds is 6. The number of ether oxygens (including phenoxy) is 1. The number of thiophene rings is 1. The molecular weight excluding hydrogens is 838 g/mol. The summed E-state index contributed by atoms with van der Waals surface area (Å²) in [4.78, 5) is 72.8. The van der Waals surface area contributed by atoms with E-state index in [2.05, 4.69) is 15.9 Å². The van der Waals surface area contributed by atoms with Gasteiger partial charge in [-0.05, 0) is 101 Å². The molecule has 2 aliphatic carbocycles. The number of phenols is 1. The van der Waals surface area contributed by atoms with E-state index in [-0.39, 0.29) is 41.5 Å². The van der Waals surface area contributed by atoms with Crippen LogP contribution in [0.5, 0.6) is 11.5 Å². The number of aryl methyl sites for hydroxylation is 2. The fourth-order valence-electron chi connectivity index (χ4n) is 9.75. The Kier molecular flexibility index (Phi) is 8.54. The number of methoxy groups -OCH3 is 1. The Morgan fingerprint density at radius 1 is 1.04 bits per heavy atom. The molecule has 16 heteroatoms. The van der Waals surface area contributed by atoms with E-state index in [0.717, 1.165) is 31.0 Å². The summed E-state index contributed by atoms with van der Waals surface area (Å²) in [6.07, 6.45) is 2.18. The number of hydrogen-bond acceptors (Lipinski definition) is 10. The van der Waals surface area contributed by atoms with Gasteiger partial charge in [-0.2, -0.15) is 5.10 Å². The fraction of sp³-hybridized carbons (Fsp3) is 0.293. The topological polar surface area (TPSA) is 165 Å². The average Bonchev–Trinajstić information content (AvgIpc) is 3.85. The highest BCUT2D eigenvalue weighted by atomic mass is 79.9. The molecule has 9 rings (SSSR count). The Morgan fingerprint density at radius 2 is 1.81 bits per heavy atom. The Bertz CT molecular complexity index is 2690. The van der Waals surface area contributed by atoms with Crippen molar-refractivity contribution >= 4 is 89.8 Å². The predicted molar refractivity (Wildman–Crippen MR) is 216 cm³/mol. The molecule has 6 atom stereocenters. The van der Waals surface area contributed by atoms with Crippen LogP contribution < -0.4 is 14.5 Å². The molecule has 2 aromatic heterocycles. The van der Waals surface area contributed by atoms with Crippen molar-refractivity contribution in [3.05, 3.63) is 103 Å². The number of aromatic hydroxyl groups is 1. The van der Waals surface area contributed by atoms with Gasteiger partial charge in [-0.3, -0.25) is 34.0 Å². The molecule has 0 spiro atoms. The monoisotopic (exact) mass is 869 g/mol. The van der Waals surface area contributed by atoms with Crippen LogP contribution in [0.3, 0.4) is 0 Å². The van der Waals surface area contributed by atoms with Crippen LogP contribution in [-0.4, -0.2) is 50.5 Å². The first-order valence-electron chi connectivity index (χ1n) is 18.2. The number of halogens is 2. The van der Waals surface area contributed by atoms with Crippen molar-refractivity contribution < 1.29 is 33.9 Å². The molecule has 2 saturated heterocycles. The van der Waals surface area contributed by atoms with Crippen molar-refractivity contribution in [1.29, 1.82) is 0 Å². The number of nitrogens with zero attached hydrogens (tertiary/aromatic N) is 5. The lowest BCUT2D eigenvalue weighted by Crippen LogP contribution is -2.49. The van der Waals surface area contributed by atoms with Crippen LogP contribution >= 0.6 is 38.9 Å². The number of anilines is 2. The second-order valence-corrected chi connectivity index (χ2v) is 17.6. The highest BCUT2D eigenvalue weighted by Gasteiger charge is 2.68. The highest BCUT2D eigenvalue weighted by Crippen LogP contribution is 2.64. The van der Waals surface area contributed by atoms with Crippen molar-refractivity contribution in [2.75, 3.05) is 16.9 Å². The molecule has 3 aromatic carbocycles. The molecular formula is C41H33BrClN5O8S. The summed E-state index contributed by atoms with van der Waals surface area (Å²) < 4.78 is 8.38. The van der Waals surface area contributed by atoms with Gasteiger partial charge in [0.05, 0.1) is 50.2 Å². The van der Waals surface area contributed by atoms with Crippen molar-refractivity contribution in [1.82, 2.24) is 9.78 Å². The number of nitro groups is 1. The summed E-state index contributed by atoms with van der Waals surface area (Å²) in [6.45, 7) is 3.75. The van der Waals surface area contributed by atoms with Gasteiger partial charge in [0, 0.05) is 40.9 Å². The van der Waals surface area contributed by atoms with E-state index in [0.29, 0.717) is 20.8 Å². The molecule has 4 heterocycles. The molecule has 13 nitrogen and oxygen atoms in total. The second kappa shape index (κ2) is 13.1. The van der Waals surface area contributed by atoms with Gasteiger partial charge in [0.1, 0.15) is 11.5 Å². The summed E-state index contributed by atoms with van der Waals surface area (Å²) in [5, 5.41) is 28.8. The summed E-state index contributed by atoms with van der Waals surface area (Å²) in [7, 11) is 3.09. The van der Waals surface area contributed by atoms with Gasteiger partial charge >= 0.3 is 0 Å². The lowest BCUT2D eigenvalue weighted by molar-refractivity contribution is -0.384. The van der Waals surface area contributed by atoms with E-state index < -0.39 is 63.6 Å². The predicted octanol–water partition coefficient (Wildman–Crippen LogP) is 8.08. The third-order valence-corrected chi connectivity index (χ3v) is 14.5. The molecule has 290 valence electrons. The molecule has 2 aliphatic heterocycles. The number of carbonyl (C=O) groups is 4. The number of non-ortho nitro benzene ring substituents is 1. The van der Waals surface area contributed by atoms with Gasteiger partial charge in [0.15, 0.2) is 11.5 Å². The van der Waals surface area contributed by atoms with E-state index >= 15 is 4.79 Å². The van der Waals surface area contributed by atoms with E-state index in [4.69, 9.17) is 21.4 Å². The van der Waals surface area contributed by atoms with E-state index in [9.17, 15) is 29.6 Å². The summed E-state index contributed by atoms with van der Waals surface area (Å²) in [5.74, 6) is -5.65. The fourth-order valence-corrected chi connectivity index (χ4v) is 11.5. The van der Waals surface area contributed by atoms with Crippen LogP contribution in [0, 0.1) is 46.1 Å². The quantitative estimate of drug-likeness (QED) is 0.0769. The first kappa shape index (κ1) is 37.2. The summed E-state index contributed by atoms with van der Waals surface area (Å²) >= 11 is 11.3. The van der Waals surface area contributed by atoms with E-state index in [1.54, 1.807) is 32.2 Å². The zero-order valence-electron chi connectivity index (χ0n) is 30.9. The number of hydrogen-bond donors (Lipinski definition) is 1. The molecule has 1 N–H and O–H groups in total. The van der Waals surface area contributed by atoms with Gasteiger partial charge in [0.2, 0.25) is 23.6 Å². The highest BCUT2D eigenvalue weighted by molar-refractivity contribution is 9.10. The number of benzene rings is 3. The van der Waals surface area contributed by atoms with Crippen LogP contribution in [0.4, 0.5) is 17.2 Å². The number of allylic oxidation sites excluding steroid dienone is 2. The minimum absolute atomic E-state index is 0.0974. The van der Waals surface area contributed by atoms with Crippen LogP contribution in [0.2, 0.25) is 5.02 Å². The number of phenolic OH excluding ortho intramolecular Hbond substituents is 1. The van der Waals surface area contributed by atoms with Crippen LogP contribution in [0.15, 0.2) is 76.8 Å². The maximum absolute atomic E-state index is 15.2.